The molecule has 0 saturated heterocycles. The summed E-state index contributed by atoms with van der Waals surface area (Å²) in [6.45, 7) is 0. The third-order valence-electron chi connectivity index (χ3n) is 3.78. The fourth-order valence-corrected chi connectivity index (χ4v) is 2.54. The van der Waals surface area contributed by atoms with Gasteiger partial charge in [0.2, 0.25) is 0 Å². The Hall–Kier alpha value is -3.64. The molecule has 0 bridgehead atoms. The van der Waals surface area contributed by atoms with E-state index in [-0.39, 0.29) is 35.3 Å². The molecule has 142 valence electrons. The van der Waals surface area contributed by atoms with Crippen LogP contribution in [0.5, 0.6) is 5.75 Å². The van der Waals surface area contributed by atoms with Crippen molar-refractivity contribution < 1.29 is 31.7 Å². The van der Waals surface area contributed by atoms with Crippen LogP contribution in [0.15, 0.2) is 78.9 Å². The maximum absolute atomic E-state index is 12.7. The van der Waals surface area contributed by atoms with Crippen molar-refractivity contribution in [1.82, 2.24) is 0 Å². The molecule has 5 N–H and O–H groups in total. The zero-order chi connectivity index (χ0) is 19.2. The fourth-order valence-electron chi connectivity index (χ4n) is 2.54. The minimum Gasteiger partial charge on any atom is -1.00 e. The van der Waals surface area contributed by atoms with E-state index in [0.29, 0.717) is 17.0 Å². The summed E-state index contributed by atoms with van der Waals surface area (Å²) in [7, 11) is 0. The van der Waals surface area contributed by atoms with Gasteiger partial charge in [0.1, 0.15) is 5.75 Å². The van der Waals surface area contributed by atoms with Gasteiger partial charge in [-0.3, -0.25) is 16.3 Å². The molecule has 0 heterocycles. The maximum atomic E-state index is 12.7. The molecular weight excluding hydrogens is 378 g/mol. The van der Waals surface area contributed by atoms with Gasteiger partial charge in [-0.1, -0.05) is 48.5 Å². The number of carbonyl (C=O) groups excluding carboxylic acids is 2. The summed E-state index contributed by atoms with van der Waals surface area (Å²) in [4.78, 5) is 28.1. The average molecular weight is 396 g/mol. The van der Waals surface area contributed by atoms with Crippen LogP contribution in [0, 0.1) is 0 Å². The Kier molecular flexibility index (Phi) is 6.90. The largest absolute Gasteiger partial charge is 1.00 e. The molecule has 0 amide bonds. The van der Waals surface area contributed by atoms with Gasteiger partial charge >= 0.3 is 11.9 Å². The van der Waals surface area contributed by atoms with Crippen LogP contribution >= 0.6 is 0 Å². The average Bonchev–Trinajstić information content (AvgIpc) is 2.69. The number of ketones is 1. The minimum atomic E-state index is -0.611. The summed E-state index contributed by atoms with van der Waals surface area (Å²) in [5.41, 5.74) is 12.4. The van der Waals surface area contributed by atoms with Crippen molar-refractivity contribution in [3.8, 4) is 5.75 Å². The van der Waals surface area contributed by atoms with Gasteiger partial charge in [0.25, 0.3) is 0 Å². The highest BCUT2D eigenvalue weighted by Gasteiger charge is 2.19. The lowest BCUT2D eigenvalue weighted by Gasteiger charge is -2.09. The van der Waals surface area contributed by atoms with E-state index in [0.717, 1.165) is 0 Å². The molecule has 0 aromatic heterocycles. The second kappa shape index (κ2) is 9.34. The summed E-state index contributed by atoms with van der Waals surface area (Å²) in [5.74, 6) is -0.451. The SMILES string of the molecule is NC(N)=[NH+]c1ccc(OC(=O)c2ccccc2C(=O)c2ccccc2)cc1.[Cl-]. The van der Waals surface area contributed by atoms with E-state index < -0.39 is 5.97 Å². The molecule has 0 atom stereocenters. The molecule has 0 aliphatic rings. The summed E-state index contributed by atoms with van der Waals surface area (Å²) in [6, 6.07) is 21.9. The maximum Gasteiger partial charge on any atom is 0.344 e. The topological polar surface area (TPSA) is 109 Å². The van der Waals surface area contributed by atoms with Crippen molar-refractivity contribution in [2.45, 2.75) is 0 Å². The van der Waals surface area contributed by atoms with E-state index in [1.807, 2.05) is 6.07 Å². The van der Waals surface area contributed by atoms with Crippen LogP contribution in [-0.2, 0) is 0 Å². The fraction of sp³-hybridized carbons (Fsp3) is 0. The highest BCUT2D eigenvalue weighted by atomic mass is 35.5. The molecule has 0 aliphatic heterocycles. The Morgan fingerprint density at radius 2 is 1.32 bits per heavy atom. The summed E-state index contributed by atoms with van der Waals surface area (Å²) >= 11 is 0. The van der Waals surface area contributed by atoms with Gasteiger partial charge < -0.3 is 17.1 Å². The second-order valence-corrected chi connectivity index (χ2v) is 5.73. The zero-order valence-corrected chi connectivity index (χ0v) is 15.5. The van der Waals surface area contributed by atoms with Crippen molar-refractivity contribution in [2.75, 3.05) is 0 Å². The third kappa shape index (κ3) is 4.96. The van der Waals surface area contributed by atoms with Crippen LogP contribution in [0.3, 0.4) is 0 Å². The van der Waals surface area contributed by atoms with Gasteiger partial charge in [0.15, 0.2) is 5.78 Å². The number of nitrogens with two attached hydrogens (primary N) is 2. The second-order valence-electron chi connectivity index (χ2n) is 5.73. The Morgan fingerprint density at radius 1 is 0.750 bits per heavy atom. The van der Waals surface area contributed by atoms with Crippen LogP contribution in [0.4, 0.5) is 5.69 Å². The van der Waals surface area contributed by atoms with Crippen LogP contribution in [0.2, 0.25) is 0 Å². The number of guanidine groups is 1. The van der Waals surface area contributed by atoms with Gasteiger partial charge in [-0.15, -0.1) is 0 Å². The van der Waals surface area contributed by atoms with Gasteiger partial charge in [0, 0.05) is 11.1 Å². The number of halogens is 1. The number of nitrogens with one attached hydrogen (secondary N) is 1. The Bertz CT molecular complexity index is 999. The number of benzene rings is 3. The number of rotatable bonds is 5. The van der Waals surface area contributed by atoms with Crippen LogP contribution in [0.25, 0.3) is 0 Å². The summed E-state index contributed by atoms with van der Waals surface area (Å²) in [6.07, 6.45) is 0. The predicted molar refractivity (Wildman–Crippen MR) is 102 cm³/mol. The highest BCUT2D eigenvalue weighted by molar-refractivity contribution is 6.14. The summed E-state index contributed by atoms with van der Waals surface area (Å²) in [5, 5.41) is 0. The number of ether oxygens (including phenoxy) is 1. The normalized spacial score (nSPS) is 9.71. The van der Waals surface area contributed by atoms with Crippen molar-refractivity contribution >= 4 is 23.4 Å². The Morgan fingerprint density at radius 3 is 1.93 bits per heavy atom. The van der Waals surface area contributed by atoms with E-state index >= 15 is 0 Å². The van der Waals surface area contributed by atoms with E-state index in [1.54, 1.807) is 72.8 Å². The lowest BCUT2D eigenvalue weighted by molar-refractivity contribution is -0.356. The third-order valence-corrected chi connectivity index (χ3v) is 3.78. The standard InChI is InChI=1S/C21H17N3O3.ClH/c22-21(23)24-15-10-12-16(13-11-15)27-20(26)18-9-5-4-8-17(18)19(25)14-6-2-1-3-7-14;/h1-13H,(H4,22,23,24);1H. The van der Waals surface area contributed by atoms with Gasteiger partial charge in [-0.2, -0.15) is 0 Å². The monoisotopic (exact) mass is 395 g/mol. The number of carbonyl (C=O) groups is 2. The molecule has 0 unspecified atom stereocenters. The molecule has 3 aromatic rings. The first-order valence-corrected chi connectivity index (χ1v) is 8.20. The number of hydrogen-bond donors (Lipinski definition) is 3. The Balaban J connectivity index is 0.00000280. The molecule has 0 spiro atoms. The van der Waals surface area contributed by atoms with Gasteiger partial charge in [-0.05, 0) is 30.3 Å². The molecular formula is C21H18ClN3O3. The van der Waals surface area contributed by atoms with Gasteiger partial charge in [-0.25, -0.2) is 9.79 Å². The first-order valence-electron chi connectivity index (χ1n) is 8.20. The van der Waals surface area contributed by atoms with Crippen LogP contribution < -0.4 is 33.6 Å². The first kappa shape index (κ1) is 20.7. The van der Waals surface area contributed by atoms with Gasteiger partial charge in [0.05, 0.1) is 11.3 Å². The van der Waals surface area contributed by atoms with E-state index in [1.165, 1.54) is 0 Å². The van der Waals surface area contributed by atoms with Crippen molar-refractivity contribution in [2.24, 2.45) is 11.5 Å². The first-order chi connectivity index (χ1) is 13.0. The van der Waals surface area contributed by atoms with Crippen molar-refractivity contribution in [3.63, 3.8) is 0 Å². The number of hydrogen-bond acceptors (Lipinski definition) is 3. The van der Waals surface area contributed by atoms with E-state index in [9.17, 15) is 9.59 Å². The van der Waals surface area contributed by atoms with Crippen LogP contribution in [0.1, 0.15) is 26.3 Å². The smallest absolute Gasteiger partial charge is 0.344 e. The Labute approximate surface area is 168 Å². The van der Waals surface area contributed by atoms with Crippen molar-refractivity contribution in [1.29, 1.82) is 0 Å². The molecule has 0 aliphatic carbocycles. The highest BCUT2D eigenvalue weighted by Crippen LogP contribution is 2.19. The minimum absolute atomic E-state index is 0. The molecule has 6 nitrogen and oxygen atoms in total. The lowest BCUT2D eigenvalue weighted by Crippen LogP contribution is -3.00. The summed E-state index contributed by atoms with van der Waals surface area (Å²) < 4.78 is 5.40. The van der Waals surface area contributed by atoms with Crippen LogP contribution in [-0.4, -0.2) is 17.7 Å². The zero-order valence-electron chi connectivity index (χ0n) is 14.8. The molecule has 0 saturated carbocycles. The molecule has 28 heavy (non-hydrogen) atoms. The molecule has 0 fully saturated rings. The van der Waals surface area contributed by atoms with E-state index in [2.05, 4.69) is 4.99 Å². The van der Waals surface area contributed by atoms with E-state index in [4.69, 9.17) is 16.2 Å². The quantitative estimate of drug-likeness (QED) is 0.154. The van der Waals surface area contributed by atoms with Crippen molar-refractivity contribution in [3.05, 3.63) is 95.6 Å². The predicted octanol–water partition coefficient (Wildman–Crippen LogP) is -1.87. The molecule has 3 aromatic carbocycles. The molecule has 3 rings (SSSR count). The number of esters is 1. The lowest BCUT2D eigenvalue weighted by atomic mass is 9.98. The molecule has 7 heteroatoms. The molecule has 0 radical (unpaired) electrons.